The first-order valence-corrected chi connectivity index (χ1v) is 7.34. The number of nitrogens with one attached hydrogen (secondary N) is 1. The summed E-state index contributed by atoms with van der Waals surface area (Å²) in [5.74, 6) is 1.18. The molecular formula is C14H21NOS. The van der Waals surface area contributed by atoms with Gasteiger partial charge < -0.3 is 10.1 Å². The van der Waals surface area contributed by atoms with Crippen molar-refractivity contribution in [3.8, 4) is 0 Å². The molecule has 1 atom stereocenters. The predicted molar refractivity (Wildman–Crippen MR) is 73.6 cm³/mol. The summed E-state index contributed by atoms with van der Waals surface area (Å²) in [6.45, 7) is 2.01. The van der Waals surface area contributed by atoms with Gasteiger partial charge in [-0.2, -0.15) is 0 Å². The van der Waals surface area contributed by atoms with Crippen molar-refractivity contribution in [2.24, 2.45) is 0 Å². The lowest BCUT2D eigenvalue weighted by molar-refractivity contribution is 0.192. The first-order valence-electron chi connectivity index (χ1n) is 6.36. The first kappa shape index (κ1) is 12.9. The second-order valence-electron chi connectivity index (χ2n) is 4.41. The van der Waals surface area contributed by atoms with Gasteiger partial charge >= 0.3 is 0 Å². The Hall–Kier alpha value is -0.510. The maximum atomic E-state index is 5.04. The van der Waals surface area contributed by atoms with E-state index in [1.165, 1.54) is 35.5 Å². The maximum absolute atomic E-state index is 5.04. The van der Waals surface area contributed by atoms with Crippen LogP contribution in [0.2, 0.25) is 0 Å². The second kappa shape index (κ2) is 7.04. The lowest BCUT2D eigenvalue weighted by Crippen LogP contribution is -2.22. The Morgan fingerprint density at radius 1 is 1.29 bits per heavy atom. The molecule has 1 aliphatic rings. The van der Waals surface area contributed by atoms with Crippen LogP contribution < -0.4 is 5.32 Å². The van der Waals surface area contributed by atoms with Crippen molar-refractivity contribution >= 4 is 11.8 Å². The minimum absolute atomic E-state index is 0.554. The Balaban J connectivity index is 1.68. The van der Waals surface area contributed by atoms with E-state index in [9.17, 15) is 0 Å². The smallest absolute Gasteiger partial charge is 0.0462 e. The molecule has 3 heteroatoms. The van der Waals surface area contributed by atoms with E-state index in [1.807, 2.05) is 11.8 Å². The summed E-state index contributed by atoms with van der Waals surface area (Å²) in [7, 11) is 1.77. The molecule has 1 aliphatic heterocycles. The highest BCUT2D eigenvalue weighted by molar-refractivity contribution is 7.99. The van der Waals surface area contributed by atoms with Gasteiger partial charge in [0.2, 0.25) is 0 Å². The zero-order chi connectivity index (χ0) is 11.9. The minimum Gasteiger partial charge on any atom is -0.385 e. The summed E-state index contributed by atoms with van der Waals surface area (Å²) < 4.78 is 5.04. The van der Waals surface area contributed by atoms with Crippen LogP contribution in [0, 0.1) is 0 Å². The normalized spacial score (nSPS) is 18.3. The van der Waals surface area contributed by atoms with E-state index >= 15 is 0 Å². The molecule has 0 saturated carbocycles. The Morgan fingerprint density at radius 3 is 3.06 bits per heavy atom. The number of rotatable bonds is 7. The largest absolute Gasteiger partial charge is 0.385 e. The van der Waals surface area contributed by atoms with Gasteiger partial charge in [0.15, 0.2) is 0 Å². The van der Waals surface area contributed by atoms with E-state index in [4.69, 9.17) is 4.74 Å². The van der Waals surface area contributed by atoms with E-state index < -0.39 is 0 Å². The van der Waals surface area contributed by atoms with Crippen LogP contribution in [0.1, 0.15) is 30.9 Å². The Kier molecular flexibility index (Phi) is 5.36. The maximum Gasteiger partial charge on any atom is 0.0462 e. The third-order valence-corrected chi connectivity index (χ3v) is 4.30. The molecule has 1 unspecified atom stereocenters. The van der Waals surface area contributed by atoms with Gasteiger partial charge in [0.25, 0.3) is 0 Å². The number of methoxy groups -OCH3 is 1. The van der Waals surface area contributed by atoms with Gasteiger partial charge in [0.1, 0.15) is 0 Å². The Bertz CT molecular complexity index is 343. The molecule has 0 saturated heterocycles. The van der Waals surface area contributed by atoms with Gasteiger partial charge in [-0.05, 0) is 37.4 Å². The lowest BCUT2D eigenvalue weighted by atomic mass is 10.1. The molecule has 1 aromatic rings. The van der Waals surface area contributed by atoms with Crippen molar-refractivity contribution in [1.82, 2.24) is 5.32 Å². The molecule has 0 spiro atoms. The number of benzene rings is 1. The molecule has 0 fully saturated rings. The molecule has 94 valence electrons. The molecule has 0 aliphatic carbocycles. The second-order valence-corrected chi connectivity index (χ2v) is 5.47. The quantitative estimate of drug-likeness (QED) is 0.752. The van der Waals surface area contributed by atoms with Crippen LogP contribution >= 0.6 is 11.8 Å². The van der Waals surface area contributed by atoms with Crippen LogP contribution in [0.4, 0.5) is 0 Å². The van der Waals surface area contributed by atoms with Crippen LogP contribution in [0.25, 0.3) is 0 Å². The van der Waals surface area contributed by atoms with E-state index in [2.05, 4.69) is 29.6 Å². The van der Waals surface area contributed by atoms with Gasteiger partial charge in [-0.15, -0.1) is 11.8 Å². The lowest BCUT2D eigenvalue weighted by Gasteiger charge is -2.12. The summed E-state index contributed by atoms with van der Waals surface area (Å²) in [4.78, 5) is 1.45. The Morgan fingerprint density at radius 2 is 2.18 bits per heavy atom. The molecule has 0 aromatic heterocycles. The average molecular weight is 251 g/mol. The fourth-order valence-corrected chi connectivity index (χ4v) is 3.35. The van der Waals surface area contributed by atoms with Crippen LogP contribution in [-0.2, 0) is 4.74 Å². The monoisotopic (exact) mass is 251 g/mol. The highest BCUT2D eigenvalue weighted by atomic mass is 32.2. The fraction of sp³-hybridized carbons (Fsp3) is 0.571. The van der Waals surface area contributed by atoms with Gasteiger partial charge in [0.05, 0.1) is 0 Å². The minimum atomic E-state index is 0.554. The third-order valence-electron chi connectivity index (χ3n) is 3.12. The van der Waals surface area contributed by atoms with Crippen molar-refractivity contribution < 1.29 is 4.74 Å². The van der Waals surface area contributed by atoms with E-state index in [0.717, 1.165) is 13.2 Å². The molecule has 2 nitrogen and oxygen atoms in total. The van der Waals surface area contributed by atoms with Crippen molar-refractivity contribution in [3.05, 3.63) is 29.8 Å². The number of unbranched alkanes of at least 4 members (excludes halogenated alkanes) is 2. The molecule has 1 heterocycles. The van der Waals surface area contributed by atoms with E-state index in [0.29, 0.717) is 6.04 Å². The summed E-state index contributed by atoms with van der Waals surface area (Å²) in [5.41, 5.74) is 1.48. The molecule has 2 rings (SSSR count). The molecule has 1 aromatic carbocycles. The molecule has 0 radical (unpaired) electrons. The van der Waals surface area contributed by atoms with Gasteiger partial charge in [-0.1, -0.05) is 18.2 Å². The molecule has 1 N–H and O–H groups in total. The van der Waals surface area contributed by atoms with Crippen LogP contribution in [0.15, 0.2) is 29.2 Å². The molecular weight excluding hydrogens is 230 g/mol. The first-order chi connectivity index (χ1) is 8.42. The van der Waals surface area contributed by atoms with Crippen LogP contribution in [0.3, 0.4) is 0 Å². The summed E-state index contributed by atoms with van der Waals surface area (Å²) in [5, 5.41) is 3.65. The summed E-state index contributed by atoms with van der Waals surface area (Å²) in [6.07, 6.45) is 3.67. The van der Waals surface area contributed by atoms with Gasteiger partial charge in [0, 0.05) is 30.4 Å². The van der Waals surface area contributed by atoms with Gasteiger partial charge in [-0.25, -0.2) is 0 Å². The zero-order valence-electron chi connectivity index (χ0n) is 10.4. The number of hydrogen-bond donors (Lipinski definition) is 1. The Labute approximate surface area is 108 Å². The average Bonchev–Trinajstić information content (AvgIpc) is 2.77. The highest BCUT2D eigenvalue weighted by Crippen LogP contribution is 2.37. The zero-order valence-corrected chi connectivity index (χ0v) is 11.3. The highest BCUT2D eigenvalue weighted by Gasteiger charge is 2.21. The number of fused-ring (bicyclic) bond motifs is 1. The van der Waals surface area contributed by atoms with Gasteiger partial charge in [-0.3, -0.25) is 0 Å². The number of thioether (sulfide) groups is 1. The van der Waals surface area contributed by atoms with Crippen molar-refractivity contribution in [1.29, 1.82) is 0 Å². The topological polar surface area (TPSA) is 21.3 Å². The number of hydrogen-bond acceptors (Lipinski definition) is 3. The SMILES string of the molecule is COCCCCCNC1CSc2ccccc21. The molecule has 0 amide bonds. The van der Waals surface area contributed by atoms with Crippen molar-refractivity contribution in [2.45, 2.75) is 30.2 Å². The molecule has 0 bridgehead atoms. The van der Waals surface area contributed by atoms with Crippen LogP contribution in [-0.4, -0.2) is 26.0 Å². The standard InChI is InChI=1S/C14H21NOS/c1-16-10-6-2-5-9-15-13-11-17-14-8-4-3-7-12(13)14/h3-4,7-8,13,15H,2,5-6,9-11H2,1H3. The van der Waals surface area contributed by atoms with Crippen LogP contribution in [0.5, 0.6) is 0 Å². The number of ether oxygens (including phenoxy) is 1. The third kappa shape index (κ3) is 3.73. The predicted octanol–water partition coefficient (Wildman–Crippen LogP) is 3.24. The summed E-state index contributed by atoms with van der Waals surface area (Å²) >= 11 is 1.97. The van der Waals surface area contributed by atoms with Crippen molar-refractivity contribution in [3.63, 3.8) is 0 Å². The fourth-order valence-electron chi connectivity index (χ4n) is 2.16. The van der Waals surface area contributed by atoms with Crippen molar-refractivity contribution in [2.75, 3.05) is 26.0 Å². The van der Waals surface area contributed by atoms with E-state index in [-0.39, 0.29) is 0 Å². The summed E-state index contributed by atoms with van der Waals surface area (Å²) in [6, 6.07) is 9.29. The van der Waals surface area contributed by atoms with E-state index in [1.54, 1.807) is 7.11 Å². The molecule has 17 heavy (non-hydrogen) atoms.